The molecule has 0 radical (unpaired) electrons. The van der Waals surface area contributed by atoms with Crippen LogP contribution in [0.25, 0.3) is 0 Å². The fraction of sp³-hybridized carbons (Fsp3) is 0.900. The maximum absolute atomic E-state index is 13.2. The monoisotopic (exact) mass is 203 g/mol. The third-order valence-electron chi connectivity index (χ3n) is 2.84. The molecule has 0 spiro atoms. The molecule has 0 saturated carbocycles. The van der Waals surface area contributed by atoms with E-state index in [4.69, 9.17) is 0 Å². The molecule has 1 heterocycles. The highest BCUT2D eigenvalue weighted by atomic mass is 19.1. The van der Waals surface area contributed by atoms with E-state index in [0.717, 1.165) is 25.9 Å². The van der Waals surface area contributed by atoms with Gasteiger partial charge in [-0.05, 0) is 45.3 Å². The summed E-state index contributed by atoms with van der Waals surface area (Å²) in [4.78, 5) is 13.1. The first-order valence-corrected chi connectivity index (χ1v) is 5.04. The van der Waals surface area contributed by atoms with E-state index in [0.29, 0.717) is 12.3 Å². The first-order valence-electron chi connectivity index (χ1n) is 5.04. The van der Waals surface area contributed by atoms with E-state index in [1.54, 1.807) is 0 Å². The zero-order chi connectivity index (χ0) is 10.6. The lowest BCUT2D eigenvalue weighted by atomic mass is 9.92. The molecular formula is C10H18FNO2. The van der Waals surface area contributed by atoms with Crippen molar-refractivity contribution in [3.8, 4) is 0 Å². The minimum Gasteiger partial charge on any atom is -0.467 e. The Hall–Kier alpha value is -0.640. The van der Waals surface area contributed by atoms with Crippen LogP contribution < -0.4 is 0 Å². The van der Waals surface area contributed by atoms with Crippen molar-refractivity contribution in [3.05, 3.63) is 0 Å². The largest absolute Gasteiger partial charge is 0.467 e. The molecule has 1 aliphatic heterocycles. The number of alkyl halides is 1. The molecule has 0 N–H and O–H groups in total. The molecular weight excluding hydrogens is 185 g/mol. The topological polar surface area (TPSA) is 29.5 Å². The molecule has 1 unspecified atom stereocenters. The lowest BCUT2D eigenvalue weighted by molar-refractivity contribution is -0.147. The third kappa shape index (κ3) is 3.25. The molecule has 1 saturated heterocycles. The fourth-order valence-corrected chi connectivity index (χ4v) is 1.81. The Labute approximate surface area is 84.2 Å². The van der Waals surface area contributed by atoms with E-state index in [2.05, 4.69) is 16.7 Å². The average Bonchev–Trinajstić information content (AvgIpc) is 2.20. The van der Waals surface area contributed by atoms with Crippen molar-refractivity contribution in [1.29, 1.82) is 0 Å². The number of likely N-dealkylation sites (tertiary alicyclic amines) is 1. The summed E-state index contributed by atoms with van der Waals surface area (Å²) < 4.78 is 17.5. The van der Waals surface area contributed by atoms with E-state index in [-0.39, 0.29) is 0 Å². The summed E-state index contributed by atoms with van der Waals surface area (Å²) in [6, 6.07) is 0. The number of nitrogens with zero attached hydrogens (tertiary/aromatic N) is 1. The van der Waals surface area contributed by atoms with Crippen molar-refractivity contribution in [3.63, 3.8) is 0 Å². The van der Waals surface area contributed by atoms with Crippen molar-refractivity contribution in [2.45, 2.75) is 25.4 Å². The Balaban J connectivity index is 2.27. The van der Waals surface area contributed by atoms with Gasteiger partial charge in [0.15, 0.2) is 6.17 Å². The Kier molecular flexibility index (Phi) is 4.32. The van der Waals surface area contributed by atoms with Gasteiger partial charge in [-0.2, -0.15) is 0 Å². The molecule has 0 aromatic heterocycles. The van der Waals surface area contributed by atoms with Gasteiger partial charge in [0.2, 0.25) is 0 Å². The number of carbonyl (C=O) groups is 1. The molecule has 1 rings (SSSR count). The summed E-state index contributed by atoms with van der Waals surface area (Å²) in [5.74, 6) is -0.399. The molecule has 0 amide bonds. The molecule has 0 bridgehead atoms. The molecule has 1 atom stereocenters. The number of rotatable bonds is 3. The minimum absolute atomic E-state index is 0.320. The second kappa shape index (κ2) is 5.29. The normalized spacial score (nSPS) is 21.9. The lowest BCUT2D eigenvalue weighted by Crippen LogP contribution is -2.32. The number of hydrogen-bond acceptors (Lipinski definition) is 3. The predicted octanol–water partition coefficient (Wildman–Crippen LogP) is 1.23. The summed E-state index contributed by atoms with van der Waals surface area (Å²) in [6.45, 7) is 2.00. The van der Waals surface area contributed by atoms with Gasteiger partial charge in [-0.15, -0.1) is 0 Å². The average molecular weight is 203 g/mol. The number of halogens is 1. The van der Waals surface area contributed by atoms with Gasteiger partial charge in [0.25, 0.3) is 0 Å². The van der Waals surface area contributed by atoms with Gasteiger partial charge in [-0.25, -0.2) is 9.18 Å². The maximum atomic E-state index is 13.2. The fourth-order valence-electron chi connectivity index (χ4n) is 1.81. The van der Waals surface area contributed by atoms with Gasteiger partial charge in [-0.1, -0.05) is 0 Å². The molecule has 3 nitrogen and oxygen atoms in total. The summed E-state index contributed by atoms with van der Waals surface area (Å²) in [7, 11) is 3.28. The van der Waals surface area contributed by atoms with E-state index >= 15 is 0 Å². The van der Waals surface area contributed by atoms with Crippen LogP contribution in [0.15, 0.2) is 0 Å². The van der Waals surface area contributed by atoms with Gasteiger partial charge in [0.1, 0.15) is 0 Å². The number of esters is 1. The van der Waals surface area contributed by atoms with Crippen LogP contribution in [0, 0.1) is 5.92 Å². The van der Waals surface area contributed by atoms with Crippen molar-refractivity contribution in [2.24, 2.45) is 5.92 Å². The molecule has 0 aliphatic carbocycles. The highest BCUT2D eigenvalue weighted by molar-refractivity contribution is 5.74. The second-order valence-electron chi connectivity index (χ2n) is 3.97. The molecule has 0 aromatic carbocycles. The minimum atomic E-state index is -1.44. The van der Waals surface area contributed by atoms with Crippen LogP contribution >= 0.6 is 0 Å². The lowest BCUT2D eigenvalue weighted by Gasteiger charge is -2.29. The quantitative estimate of drug-likeness (QED) is 0.646. The SMILES string of the molecule is COC(=O)C(F)CC1CCN(C)CC1. The summed E-state index contributed by atoms with van der Waals surface area (Å²) in [6.07, 6.45) is 0.843. The molecule has 1 fully saturated rings. The predicted molar refractivity (Wildman–Crippen MR) is 51.8 cm³/mol. The number of hydrogen-bond donors (Lipinski definition) is 0. The van der Waals surface area contributed by atoms with Gasteiger partial charge >= 0.3 is 5.97 Å². The highest BCUT2D eigenvalue weighted by Crippen LogP contribution is 2.22. The first kappa shape index (κ1) is 11.4. The van der Waals surface area contributed by atoms with Gasteiger partial charge in [0.05, 0.1) is 7.11 Å². The van der Waals surface area contributed by atoms with Crippen LogP contribution in [-0.2, 0) is 9.53 Å². The van der Waals surface area contributed by atoms with Crippen LogP contribution in [0.4, 0.5) is 4.39 Å². The zero-order valence-corrected chi connectivity index (χ0v) is 8.83. The standard InChI is InChI=1S/C10H18FNO2/c1-12-5-3-8(4-6-12)7-9(11)10(13)14-2/h8-9H,3-7H2,1-2H3. The van der Waals surface area contributed by atoms with Crippen molar-refractivity contribution in [1.82, 2.24) is 4.90 Å². The van der Waals surface area contributed by atoms with Crippen molar-refractivity contribution < 1.29 is 13.9 Å². The number of ether oxygens (including phenoxy) is 1. The molecule has 4 heteroatoms. The van der Waals surface area contributed by atoms with Crippen LogP contribution in [-0.4, -0.2) is 44.3 Å². The Morgan fingerprint density at radius 1 is 1.57 bits per heavy atom. The van der Waals surface area contributed by atoms with E-state index in [1.807, 2.05) is 0 Å². The van der Waals surface area contributed by atoms with Gasteiger partial charge in [0, 0.05) is 0 Å². The summed E-state index contributed by atoms with van der Waals surface area (Å²) in [5, 5.41) is 0. The van der Waals surface area contributed by atoms with Gasteiger partial charge in [-0.3, -0.25) is 0 Å². The summed E-state index contributed by atoms with van der Waals surface area (Å²) >= 11 is 0. The first-order chi connectivity index (χ1) is 6.63. The van der Waals surface area contributed by atoms with Crippen LogP contribution in [0.1, 0.15) is 19.3 Å². The van der Waals surface area contributed by atoms with Gasteiger partial charge < -0.3 is 9.64 Å². The second-order valence-corrected chi connectivity index (χ2v) is 3.97. The zero-order valence-electron chi connectivity index (χ0n) is 8.83. The number of methoxy groups -OCH3 is 1. The van der Waals surface area contributed by atoms with E-state index in [9.17, 15) is 9.18 Å². The van der Waals surface area contributed by atoms with Crippen LogP contribution in [0.2, 0.25) is 0 Å². The Morgan fingerprint density at radius 3 is 2.64 bits per heavy atom. The van der Waals surface area contributed by atoms with Crippen molar-refractivity contribution in [2.75, 3.05) is 27.2 Å². The number of carbonyl (C=O) groups excluding carboxylic acids is 1. The molecule has 82 valence electrons. The summed E-state index contributed by atoms with van der Waals surface area (Å²) in [5.41, 5.74) is 0. The van der Waals surface area contributed by atoms with Crippen LogP contribution in [0.3, 0.4) is 0 Å². The Morgan fingerprint density at radius 2 is 2.14 bits per heavy atom. The third-order valence-corrected chi connectivity index (χ3v) is 2.84. The molecule has 0 aromatic rings. The molecule has 1 aliphatic rings. The Bertz CT molecular complexity index is 191. The van der Waals surface area contributed by atoms with E-state index in [1.165, 1.54) is 7.11 Å². The van der Waals surface area contributed by atoms with E-state index < -0.39 is 12.1 Å². The smallest absolute Gasteiger partial charge is 0.340 e. The maximum Gasteiger partial charge on any atom is 0.340 e. The number of piperidine rings is 1. The van der Waals surface area contributed by atoms with Crippen LogP contribution in [0.5, 0.6) is 0 Å². The highest BCUT2D eigenvalue weighted by Gasteiger charge is 2.25. The molecule has 14 heavy (non-hydrogen) atoms. The van der Waals surface area contributed by atoms with Crippen molar-refractivity contribution >= 4 is 5.97 Å².